The molecule has 0 spiro atoms. The number of carboxylic acids is 1. The lowest BCUT2D eigenvalue weighted by molar-refractivity contribution is 0.0661. The summed E-state index contributed by atoms with van der Waals surface area (Å²) in [7, 11) is -4.14. The van der Waals surface area contributed by atoms with Crippen molar-refractivity contribution in [2.75, 3.05) is 4.72 Å². The van der Waals surface area contributed by atoms with Gasteiger partial charge < -0.3 is 9.52 Å². The number of anilines is 1. The monoisotopic (exact) mass is 338 g/mol. The van der Waals surface area contributed by atoms with E-state index < -0.39 is 21.8 Å². The summed E-state index contributed by atoms with van der Waals surface area (Å²) in [5, 5.41) is 22.0. The van der Waals surface area contributed by atoms with Gasteiger partial charge in [-0.25, -0.2) is 13.2 Å². The molecule has 2 rings (SSSR count). The summed E-state index contributed by atoms with van der Waals surface area (Å²) >= 11 is 0. The van der Waals surface area contributed by atoms with Crippen LogP contribution in [0.25, 0.3) is 0 Å². The van der Waals surface area contributed by atoms with E-state index >= 15 is 0 Å². The number of furan rings is 1. The van der Waals surface area contributed by atoms with E-state index in [1.54, 1.807) is 0 Å². The third-order valence-corrected chi connectivity index (χ3v) is 4.43. The Hall–Kier alpha value is -2.80. The SMILES string of the molecule is Cc1oc(C(=O)O)cc1S(=O)(=O)Nc1nn(C(C)C)cc1C#N. The smallest absolute Gasteiger partial charge is 0.371 e. The Labute approximate surface area is 132 Å². The summed E-state index contributed by atoms with van der Waals surface area (Å²) in [5.74, 6) is -2.07. The van der Waals surface area contributed by atoms with E-state index in [1.807, 2.05) is 19.9 Å². The van der Waals surface area contributed by atoms with Gasteiger partial charge in [-0.3, -0.25) is 9.40 Å². The van der Waals surface area contributed by atoms with Crippen molar-refractivity contribution in [2.24, 2.45) is 0 Å². The second-order valence-corrected chi connectivity index (χ2v) is 6.67. The standard InChI is InChI=1S/C13H14N4O5S/c1-7(2)17-6-9(5-14)12(15-17)16-23(20,21)11-4-10(13(18)19)22-8(11)3/h4,6-7H,1-3H3,(H,15,16)(H,18,19). The van der Waals surface area contributed by atoms with Gasteiger partial charge in [0, 0.05) is 18.3 Å². The minimum absolute atomic E-state index is 0.0573. The zero-order chi connectivity index (χ0) is 17.4. The van der Waals surface area contributed by atoms with Gasteiger partial charge in [-0.15, -0.1) is 0 Å². The van der Waals surface area contributed by atoms with Crippen LogP contribution in [0.2, 0.25) is 0 Å². The Morgan fingerprint density at radius 2 is 2.17 bits per heavy atom. The first kappa shape index (κ1) is 16.6. The van der Waals surface area contributed by atoms with Gasteiger partial charge in [-0.05, 0) is 20.8 Å². The molecule has 0 saturated heterocycles. The van der Waals surface area contributed by atoms with Gasteiger partial charge in [0.2, 0.25) is 5.76 Å². The third kappa shape index (κ3) is 3.19. The Morgan fingerprint density at radius 3 is 2.65 bits per heavy atom. The lowest BCUT2D eigenvalue weighted by atomic mass is 10.3. The van der Waals surface area contributed by atoms with Crippen molar-refractivity contribution in [3.8, 4) is 6.07 Å². The van der Waals surface area contributed by atoms with E-state index in [4.69, 9.17) is 14.8 Å². The second kappa shape index (κ2) is 5.77. The van der Waals surface area contributed by atoms with Gasteiger partial charge >= 0.3 is 5.97 Å². The first-order valence-corrected chi connectivity index (χ1v) is 8.00. The number of sulfonamides is 1. The average molecular weight is 338 g/mol. The molecule has 0 saturated carbocycles. The van der Waals surface area contributed by atoms with Crippen molar-refractivity contribution < 1.29 is 22.7 Å². The summed E-state index contributed by atoms with van der Waals surface area (Å²) in [6.45, 7) is 4.98. The molecule has 0 aliphatic heterocycles. The fourth-order valence-corrected chi connectivity index (χ4v) is 3.03. The topological polar surface area (TPSA) is 138 Å². The molecular formula is C13H14N4O5S. The highest BCUT2D eigenvalue weighted by atomic mass is 32.2. The van der Waals surface area contributed by atoms with Crippen LogP contribution < -0.4 is 4.72 Å². The molecule has 0 atom stereocenters. The Balaban J connectivity index is 2.43. The molecule has 0 radical (unpaired) electrons. The van der Waals surface area contributed by atoms with Crippen LogP contribution in [0.3, 0.4) is 0 Å². The summed E-state index contributed by atoms with van der Waals surface area (Å²) in [5.41, 5.74) is 0.0573. The van der Waals surface area contributed by atoms with Gasteiger partial charge in [0.15, 0.2) is 5.82 Å². The minimum atomic E-state index is -4.14. The number of hydrogen-bond donors (Lipinski definition) is 2. The largest absolute Gasteiger partial charge is 0.475 e. The molecule has 122 valence electrons. The minimum Gasteiger partial charge on any atom is -0.475 e. The molecule has 0 aliphatic rings. The molecule has 2 heterocycles. The maximum atomic E-state index is 12.4. The Morgan fingerprint density at radius 1 is 1.52 bits per heavy atom. The van der Waals surface area contributed by atoms with Crippen molar-refractivity contribution in [1.29, 1.82) is 5.26 Å². The highest BCUT2D eigenvalue weighted by Gasteiger charge is 2.26. The zero-order valence-corrected chi connectivity index (χ0v) is 13.4. The van der Waals surface area contributed by atoms with Crippen molar-refractivity contribution >= 4 is 21.8 Å². The molecule has 2 aromatic heterocycles. The van der Waals surface area contributed by atoms with Crippen molar-refractivity contribution in [3.63, 3.8) is 0 Å². The molecule has 23 heavy (non-hydrogen) atoms. The van der Waals surface area contributed by atoms with Crippen LogP contribution in [-0.2, 0) is 10.0 Å². The van der Waals surface area contributed by atoms with E-state index in [9.17, 15) is 13.2 Å². The lowest BCUT2D eigenvalue weighted by Gasteiger charge is -2.05. The van der Waals surface area contributed by atoms with Crippen LogP contribution in [-0.4, -0.2) is 29.3 Å². The first-order chi connectivity index (χ1) is 10.7. The maximum Gasteiger partial charge on any atom is 0.371 e. The van der Waals surface area contributed by atoms with E-state index in [-0.39, 0.29) is 28.1 Å². The highest BCUT2D eigenvalue weighted by Crippen LogP contribution is 2.24. The average Bonchev–Trinajstić information content (AvgIpc) is 3.02. The van der Waals surface area contributed by atoms with Gasteiger partial charge in [0.05, 0.1) is 0 Å². The first-order valence-electron chi connectivity index (χ1n) is 6.51. The summed E-state index contributed by atoms with van der Waals surface area (Å²) < 4.78 is 33.3. The predicted octanol–water partition coefficient (Wildman–Crippen LogP) is 1.74. The number of aromatic nitrogens is 2. The molecule has 2 N–H and O–H groups in total. The van der Waals surface area contributed by atoms with E-state index in [0.29, 0.717) is 0 Å². The van der Waals surface area contributed by atoms with E-state index in [0.717, 1.165) is 6.07 Å². The van der Waals surface area contributed by atoms with Crippen molar-refractivity contribution in [2.45, 2.75) is 31.7 Å². The molecule has 0 fully saturated rings. The van der Waals surface area contributed by atoms with E-state index in [2.05, 4.69) is 9.82 Å². The number of nitrogens with one attached hydrogen (secondary N) is 1. The van der Waals surface area contributed by atoms with Crippen LogP contribution in [0, 0.1) is 18.3 Å². The quantitative estimate of drug-likeness (QED) is 0.846. The highest BCUT2D eigenvalue weighted by molar-refractivity contribution is 7.92. The van der Waals surface area contributed by atoms with Crippen LogP contribution in [0.15, 0.2) is 21.6 Å². The summed E-state index contributed by atoms with van der Waals surface area (Å²) in [6, 6.07) is 2.70. The zero-order valence-electron chi connectivity index (χ0n) is 12.6. The number of aryl methyl sites for hydroxylation is 1. The number of carbonyl (C=O) groups is 1. The van der Waals surface area contributed by atoms with E-state index in [1.165, 1.54) is 17.8 Å². The third-order valence-electron chi connectivity index (χ3n) is 2.99. The number of carboxylic acid groups (broad SMARTS) is 1. The molecule has 0 bridgehead atoms. The van der Waals surface area contributed by atoms with Gasteiger partial charge in [-0.1, -0.05) is 0 Å². The number of aromatic carboxylic acids is 1. The molecule has 0 aromatic carbocycles. The number of nitriles is 1. The fraction of sp³-hybridized carbons (Fsp3) is 0.308. The number of hydrogen-bond acceptors (Lipinski definition) is 6. The normalized spacial score (nSPS) is 11.4. The van der Waals surface area contributed by atoms with Gasteiger partial charge in [0.1, 0.15) is 22.3 Å². The molecular weight excluding hydrogens is 324 g/mol. The number of nitrogens with zero attached hydrogens (tertiary/aromatic N) is 3. The van der Waals surface area contributed by atoms with Crippen LogP contribution in [0.5, 0.6) is 0 Å². The molecule has 0 amide bonds. The van der Waals surface area contributed by atoms with Crippen LogP contribution in [0.1, 0.15) is 41.8 Å². The summed E-state index contributed by atoms with van der Waals surface area (Å²) in [4.78, 5) is 10.5. The van der Waals surface area contributed by atoms with Crippen LogP contribution >= 0.6 is 0 Å². The van der Waals surface area contributed by atoms with Crippen molar-refractivity contribution in [3.05, 3.63) is 29.3 Å². The Kier molecular flexibility index (Phi) is 4.16. The fourth-order valence-electron chi connectivity index (χ4n) is 1.83. The summed E-state index contributed by atoms with van der Waals surface area (Å²) in [6.07, 6.45) is 1.42. The van der Waals surface area contributed by atoms with Gasteiger partial charge in [-0.2, -0.15) is 10.4 Å². The van der Waals surface area contributed by atoms with Gasteiger partial charge in [0.25, 0.3) is 10.0 Å². The lowest BCUT2D eigenvalue weighted by Crippen LogP contribution is -2.15. The molecule has 10 heteroatoms. The molecule has 0 unspecified atom stereocenters. The molecule has 9 nitrogen and oxygen atoms in total. The maximum absolute atomic E-state index is 12.4. The Bertz CT molecular complexity index is 901. The molecule has 0 aliphatic carbocycles. The second-order valence-electron chi connectivity index (χ2n) is 5.02. The van der Waals surface area contributed by atoms with Crippen LogP contribution in [0.4, 0.5) is 5.82 Å². The predicted molar refractivity (Wildman–Crippen MR) is 78.5 cm³/mol. The molecule has 2 aromatic rings. The number of rotatable bonds is 5. The van der Waals surface area contributed by atoms with Crippen molar-refractivity contribution in [1.82, 2.24) is 9.78 Å².